The van der Waals surface area contributed by atoms with E-state index in [2.05, 4.69) is 0 Å². The summed E-state index contributed by atoms with van der Waals surface area (Å²) in [6.45, 7) is 0. The van der Waals surface area contributed by atoms with Crippen molar-refractivity contribution in [3.63, 3.8) is 0 Å². The molecular weight excluding hydrogens is 172 g/mol. The van der Waals surface area contributed by atoms with Crippen molar-refractivity contribution in [2.45, 2.75) is 0 Å². The lowest BCUT2D eigenvalue weighted by atomic mass is 10.2. The van der Waals surface area contributed by atoms with Gasteiger partial charge in [0.15, 0.2) is 23.3 Å². The van der Waals surface area contributed by atoms with Crippen molar-refractivity contribution in [1.29, 1.82) is 0 Å². The Kier molecular flexibility index (Phi) is 2.47. The molecule has 0 amide bonds. The van der Waals surface area contributed by atoms with E-state index in [1.165, 1.54) is 0 Å². The van der Waals surface area contributed by atoms with Crippen molar-refractivity contribution < 1.29 is 17.6 Å². The Labute approximate surface area is 66.2 Å². The van der Waals surface area contributed by atoms with Gasteiger partial charge >= 0.3 is 0 Å². The highest BCUT2D eigenvalue weighted by Crippen LogP contribution is 2.19. The van der Waals surface area contributed by atoms with Crippen LogP contribution in [0.5, 0.6) is 0 Å². The van der Waals surface area contributed by atoms with Gasteiger partial charge in [0.25, 0.3) is 0 Å². The molecule has 0 N–H and O–H groups in total. The quantitative estimate of drug-likeness (QED) is 0.496. The molecule has 0 spiro atoms. The third-order valence-electron chi connectivity index (χ3n) is 1.21. The number of allylic oxidation sites excluding steroid dienone is 8. The van der Waals surface area contributed by atoms with E-state index in [0.29, 0.717) is 24.3 Å². The molecule has 0 saturated heterocycles. The van der Waals surface area contributed by atoms with Crippen LogP contribution in [0, 0.1) is 0 Å². The molecule has 0 unspecified atom stereocenters. The van der Waals surface area contributed by atoms with Crippen molar-refractivity contribution in [3.05, 3.63) is 47.6 Å². The Morgan fingerprint density at radius 3 is 0.833 bits per heavy atom. The van der Waals surface area contributed by atoms with E-state index in [0.717, 1.165) is 0 Å². The first kappa shape index (κ1) is 8.77. The molecule has 0 aromatic heterocycles. The molecule has 0 aromatic rings. The van der Waals surface area contributed by atoms with Gasteiger partial charge in [-0.25, -0.2) is 17.6 Å². The first-order chi connectivity index (χ1) is 5.61. The maximum atomic E-state index is 12.4. The fourth-order valence-corrected chi connectivity index (χ4v) is 0.611. The summed E-state index contributed by atoms with van der Waals surface area (Å²) in [5, 5.41) is 0. The standard InChI is InChI=1S/C8H4F4/c9-5-1-2-6(10)8(12)4-3-7(5)11/h1-4H/b2-1-,4-3+,5-1?,6-2?,7-3?,7-5-,8-4?,8-6+. The van der Waals surface area contributed by atoms with Gasteiger partial charge in [0.2, 0.25) is 0 Å². The predicted octanol–water partition coefficient (Wildman–Crippen LogP) is 3.41. The van der Waals surface area contributed by atoms with E-state index in [-0.39, 0.29) is 0 Å². The molecule has 0 bridgehead atoms. The molecule has 64 valence electrons. The molecule has 1 aliphatic rings. The van der Waals surface area contributed by atoms with Crippen LogP contribution in [0.2, 0.25) is 0 Å². The lowest BCUT2D eigenvalue weighted by molar-refractivity contribution is 0.555. The Morgan fingerprint density at radius 1 is 0.500 bits per heavy atom. The Bertz CT molecular complexity index is 247. The summed E-state index contributed by atoms with van der Waals surface area (Å²) in [7, 11) is 0. The summed E-state index contributed by atoms with van der Waals surface area (Å²) >= 11 is 0. The normalized spacial score (nSPS) is 35.7. The van der Waals surface area contributed by atoms with Crippen LogP contribution in [0.15, 0.2) is 47.6 Å². The SMILES string of the molecule is FC1=C(F)/C=C/C(F)=C(F)/C=C\1. The smallest absolute Gasteiger partial charge is 0.158 e. The minimum Gasteiger partial charge on any atom is -0.204 e. The fraction of sp³-hybridized carbons (Fsp3) is 0. The topological polar surface area (TPSA) is 0 Å². The van der Waals surface area contributed by atoms with Crippen molar-refractivity contribution >= 4 is 0 Å². The molecular formula is C8H4F4. The second kappa shape index (κ2) is 3.38. The van der Waals surface area contributed by atoms with Gasteiger partial charge in [0.05, 0.1) is 0 Å². The van der Waals surface area contributed by atoms with E-state index < -0.39 is 23.3 Å². The van der Waals surface area contributed by atoms with Crippen LogP contribution >= 0.6 is 0 Å². The van der Waals surface area contributed by atoms with Crippen molar-refractivity contribution in [1.82, 2.24) is 0 Å². The Hall–Kier alpha value is -1.32. The van der Waals surface area contributed by atoms with Gasteiger partial charge in [0.1, 0.15) is 0 Å². The highest BCUT2D eigenvalue weighted by molar-refractivity contribution is 5.35. The second-order valence-corrected chi connectivity index (χ2v) is 2.06. The lowest BCUT2D eigenvalue weighted by Gasteiger charge is -1.94. The molecule has 0 nitrogen and oxygen atoms in total. The molecule has 1 aliphatic carbocycles. The minimum absolute atomic E-state index is 0.522. The average Bonchev–Trinajstić information content (AvgIpc) is 2.07. The zero-order valence-corrected chi connectivity index (χ0v) is 5.82. The van der Waals surface area contributed by atoms with Crippen molar-refractivity contribution in [2.75, 3.05) is 0 Å². The summed E-state index contributed by atoms with van der Waals surface area (Å²) in [6, 6.07) is 0. The first-order valence-corrected chi connectivity index (χ1v) is 3.08. The van der Waals surface area contributed by atoms with Crippen LogP contribution < -0.4 is 0 Å². The molecule has 0 heterocycles. The van der Waals surface area contributed by atoms with E-state index >= 15 is 0 Å². The summed E-state index contributed by atoms with van der Waals surface area (Å²) in [5.74, 6) is -4.91. The van der Waals surface area contributed by atoms with Gasteiger partial charge in [-0.15, -0.1) is 0 Å². The number of hydrogen-bond donors (Lipinski definition) is 0. The number of hydrogen-bond acceptors (Lipinski definition) is 0. The summed E-state index contributed by atoms with van der Waals surface area (Å²) in [6.07, 6.45) is 2.09. The van der Waals surface area contributed by atoms with Gasteiger partial charge < -0.3 is 0 Å². The molecule has 0 saturated carbocycles. The highest BCUT2D eigenvalue weighted by atomic mass is 19.2. The maximum absolute atomic E-state index is 12.4. The van der Waals surface area contributed by atoms with Gasteiger partial charge in [-0.1, -0.05) is 0 Å². The van der Waals surface area contributed by atoms with E-state index in [4.69, 9.17) is 0 Å². The molecule has 0 fully saturated rings. The van der Waals surface area contributed by atoms with Crippen molar-refractivity contribution in [2.24, 2.45) is 0 Å². The second-order valence-electron chi connectivity index (χ2n) is 2.06. The summed E-state index contributed by atoms with van der Waals surface area (Å²) in [4.78, 5) is 0. The van der Waals surface area contributed by atoms with Crippen LogP contribution in [-0.4, -0.2) is 0 Å². The third kappa shape index (κ3) is 1.84. The minimum atomic E-state index is -1.23. The van der Waals surface area contributed by atoms with E-state index in [9.17, 15) is 17.6 Å². The number of halogens is 4. The van der Waals surface area contributed by atoms with E-state index in [1.54, 1.807) is 0 Å². The summed E-state index contributed by atoms with van der Waals surface area (Å²) in [5.41, 5.74) is 0. The molecule has 0 atom stereocenters. The van der Waals surface area contributed by atoms with E-state index in [1.807, 2.05) is 0 Å². The van der Waals surface area contributed by atoms with Gasteiger partial charge in [0, 0.05) is 0 Å². The number of rotatable bonds is 0. The van der Waals surface area contributed by atoms with Crippen LogP contribution in [0.1, 0.15) is 0 Å². The zero-order chi connectivity index (χ0) is 9.14. The molecule has 12 heavy (non-hydrogen) atoms. The maximum Gasteiger partial charge on any atom is 0.158 e. The Balaban J connectivity index is 3.09. The summed E-state index contributed by atoms with van der Waals surface area (Å²) < 4.78 is 49.5. The monoisotopic (exact) mass is 176 g/mol. The largest absolute Gasteiger partial charge is 0.204 e. The van der Waals surface area contributed by atoms with Crippen LogP contribution in [0.4, 0.5) is 17.6 Å². The molecule has 0 radical (unpaired) electrons. The molecule has 0 aliphatic heterocycles. The highest BCUT2D eigenvalue weighted by Gasteiger charge is 2.05. The van der Waals surface area contributed by atoms with Gasteiger partial charge in [-0.05, 0) is 24.3 Å². The predicted molar refractivity (Wildman–Crippen MR) is 36.8 cm³/mol. The van der Waals surface area contributed by atoms with Crippen LogP contribution in [0.3, 0.4) is 0 Å². The average molecular weight is 176 g/mol. The zero-order valence-electron chi connectivity index (χ0n) is 5.82. The molecule has 1 rings (SSSR count). The Morgan fingerprint density at radius 2 is 0.667 bits per heavy atom. The van der Waals surface area contributed by atoms with Gasteiger partial charge in [-0.3, -0.25) is 0 Å². The van der Waals surface area contributed by atoms with Crippen LogP contribution in [-0.2, 0) is 0 Å². The van der Waals surface area contributed by atoms with Crippen molar-refractivity contribution in [3.8, 4) is 0 Å². The van der Waals surface area contributed by atoms with Gasteiger partial charge in [-0.2, -0.15) is 0 Å². The molecule has 0 aromatic carbocycles. The lowest BCUT2D eigenvalue weighted by Crippen LogP contribution is -1.80. The molecule has 4 heteroatoms. The fourth-order valence-electron chi connectivity index (χ4n) is 0.611. The van der Waals surface area contributed by atoms with Crippen LogP contribution in [0.25, 0.3) is 0 Å². The third-order valence-corrected chi connectivity index (χ3v) is 1.21. The first-order valence-electron chi connectivity index (χ1n) is 3.08.